The summed E-state index contributed by atoms with van der Waals surface area (Å²) in [6.07, 6.45) is 2.22. The van der Waals surface area contributed by atoms with Gasteiger partial charge in [0.25, 0.3) is 0 Å². The van der Waals surface area contributed by atoms with Gasteiger partial charge in [-0.1, -0.05) is 20.8 Å². The fourth-order valence-corrected chi connectivity index (χ4v) is 2.01. The number of nitrogens with two attached hydrogens (primary N) is 1. The smallest absolute Gasteiger partial charge is 0.184 e. The number of nitrogens with zero attached hydrogens (tertiary/aromatic N) is 1. The molecule has 74 valence electrons. The number of nitrogens with one attached hydrogen (secondary N) is 1. The number of rotatable bonds is 1. The van der Waals surface area contributed by atoms with Gasteiger partial charge in [0.1, 0.15) is 0 Å². The zero-order valence-corrected chi connectivity index (χ0v) is 9.24. The molecule has 0 heterocycles. The Balaban J connectivity index is 2.62. The summed E-state index contributed by atoms with van der Waals surface area (Å²) in [5.74, 6) is 0.539. The quantitative estimate of drug-likeness (QED) is 0.498. The molecule has 0 saturated heterocycles. The Morgan fingerprint density at radius 1 is 1.69 bits per heavy atom. The highest BCUT2D eigenvalue weighted by Crippen LogP contribution is 2.38. The normalized spacial score (nSPS) is 29.2. The molecule has 1 atom stereocenters. The molecule has 3 N–H and O–H groups in total. The van der Waals surface area contributed by atoms with Crippen LogP contribution in [0.2, 0.25) is 0 Å². The van der Waals surface area contributed by atoms with E-state index in [1.165, 1.54) is 12.1 Å². The minimum Gasteiger partial charge on any atom is -0.375 e. The van der Waals surface area contributed by atoms with Gasteiger partial charge < -0.3 is 5.73 Å². The summed E-state index contributed by atoms with van der Waals surface area (Å²) in [6.45, 7) is 6.70. The first kappa shape index (κ1) is 10.4. The lowest BCUT2D eigenvalue weighted by atomic mass is 9.91. The Bertz CT molecular complexity index is 245. The van der Waals surface area contributed by atoms with Gasteiger partial charge in [-0.2, -0.15) is 5.10 Å². The summed E-state index contributed by atoms with van der Waals surface area (Å²) < 4.78 is 0. The molecule has 0 radical (unpaired) electrons. The molecular formula is C9H17N3S. The molecule has 0 aromatic heterocycles. The maximum atomic E-state index is 5.30. The van der Waals surface area contributed by atoms with Crippen molar-refractivity contribution in [2.75, 3.05) is 0 Å². The van der Waals surface area contributed by atoms with Crippen molar-refractivity contribution in [3.8, 4) is 0 Å². The second-order valence-corrected chi connectivity index (χ2v) is 4.97. The predicted molar refractivity (Wildman–Crippen MR) is 59.5 cm³/mol. The topological polar surface area (TPSA) is 50.4 Å². The Labute approximate surface area is 84.8 Å². The molecule has 4 heteroatoms. The molecule has 1 aliphatic carbocycles. The largest absolute Gasteiger partial charge is 0.375 e. The van der Waals surface area contributed by atoms with Crippen molar-refractivity contribution in [1.82, 2.24) is 5.43 Å². The van der Waals surface area contributed by atoms with Gasteiger partial charge in [-0.05, 0) is 36.4 Å². The molecule has 0 aliphatic heterocycles. The van der Waals surface area contributed by atoms with Crippen LogP contribution in [0.4, 0.5) is 0 Å². The molecule has 0 spiro atoms. The average molecular weight is 199 g/mol. The van der Waals surface area contributed by atoms with Gasteiger partial charge >= 0.3 is 0 Å². The lowest BCUT2D eigenvalue weighted by molar-refractivity contribution is 0.368. The van der Waals surface area contributed by atoms with Crippen molar-refractivity contribution < 1.29 is 0 Å². The molecule has 0 aromatic carbocycles. The van der Waals surface area contributed by atoms with Gasteiger partial charge in [0.05, 0.1) is 0 Å². The van der Waals surface area contributed by atoms with Crippen LogP contribution in [0, 0.1) is 11.3 Å². The van der Waals surface area contributed by atoms with Gasteiger partial charge in [0, 0.05) is 5.71 Å². The highest BCUT2D eigenvalue weighted by atomic mass is 32.1. The summed E-state index contributed by atoms with van der Waals surface area (Å²) in [5.41, 5.74) is 9.50. The third-order valence-corrected chi connectivity index (χ3v) is 2.49. The van der Waals surface area contributed by atoms with Crippen LogP contribution in [-0.4, -0.2) is 10.8 Å². The average Bonchev–Trinajstić information content (AvgIpc) is 2.20. The third-order valence-electron chi connectivity index (χ3n) is 2.40. The fraction of sp³-hybridized carbons (Fsp3) is 0.778. The van der Waals surface area contributed by atoms with Crippen LogP contribution in [-0.2, 0) is 0 Å². The molecule has 13 heavy (non-hydrogen) atoms. The van der Waals surface area contributed by atoms with E-state index in [-0.39, 0.29) is 5.11 Å². The van der Waals surface area contributed by atoms with Gasteiger partial charge in [-0.15, -0.1) is 0 Å². The van der Waals surface area contributed by atoms with Crippen molar-refractivity contribution in [1.29, 1.82) is 0 Å². The first-order valence-electron chi connectivity index (χ1n) is 4.52. The summed E-state index contributed by atoms with van der Waals surface area (Å²) in [7, 11) is 0. The Morgan fingerprint density at radius 2 is 2.31 bits per heavy atom. The highest BCUT2D eigenvalue weighted by Gasteiger charge is 2.33. The maximum absolute atomic E-state index is 5.30. The fourth-order valence-electron chi connectivity index (χ4n) is 1.96. The van der Waals surface area contributed by atoms with E-state index < -0.39 is 0 Å². The number of hydrogen-bond acceptors (Lipinski definition) is 2. The Kier molecular flexibility index (Phi) is 2.91. The Morgan fingerprint density at radius 3 is 2.69 bits per heavy atom. The molecule has 1 unspecified atom stereocenters. The molecular weight excluding hydrogens is 182 g/mol. The van der Waals surface area contributed by atoms with Gasteiger partial charge in [-0.25, -0.2) is 0 Å². The van der Waals surface area contributed by atoms with E-state index in [2.05, 4.69) is 43.5 Å². The molecule has 0 bridgehead atoms. The van der Waals surface area contributed by atoms with Gasteiger partial charge in [0.2, 0.25) is 0 Å². The van der Waals surface area contributed by atoms with E-state index >= 15 is 0 Å². The molecule has 3 nitrogen and oxygen atoms in total. The van der Waals surface area contributed by atoms with Crippen LogP contribution in [0.15, 0.2) is 5.10 Å². The second-order valence-electron chi connectivity index (χ2n) is 4.53. The van der Waals surface area contributed by atoms with Crippen LogP contribution in [0.3, 0.4) is 0 Å². The number of hydrazone groups is 1. The molecule has 1 saturated carbocycles. The van der Waals surface area contributed by atoms with Crippen molar-refractivity contribution in [3.63, 3.8) is 0 Å². The summed E-state index contributed by atoms with van der Waals surface area (Å²) in [6, 6.07) is 0. The van der Waals surface area contributed by atoms with E-state index in [0.29, 0.717) is 11.3 Å². The number of thiocarbonyl (C=S) groups is 1. The third kappa shape index (κ3) is 2.95. The molecule has 1 aliphatic rings. The summed E-state index contributed by atoms with van der Waals surface area (Å²) in [4.78, 5) is 0. The molecule has 1 rings (SSSR count). The minimum atomic E-state index is 0.240. The van der Waals surface area contributed by atoms with E-state index in [1.54, 1.807) is 0 Å². The van der Waals surface area contributed by atoms with Crippen molar-refractivity contribution >= 4 is 23.0 Å². The van der Waals surface area contributed by atoms with Crippen LogP contribution < -0.4 is 11.2 Å². The Hall–Kier alpha value is -0.640. The molecule has 0 amide bonds. The van der Waals surface area contributed by atoms with E-state index in [1.807, 2.05) is 0 Å². The first-order chi connectivity index (χ1) is 5.91. The van der Waals surface area contributed by atoms with Crippen molar-refractivity contribution in [2.45, 2.75) is 33.6 Å². The summed E-state index contributed by atoms with van der Waals surface area (Å²) >= 11 is 4.69. The van der Waals surface area contributed by atoms with E-state index in [0.717, 1.165) is 6.42 Å². The van der Waals surface area contributed by atoms with Crippen molar-refractivity contribution in [2.24, 2.45) is 22.2 Å². The van der Waals surface area contributed by atoms with E-state index in [9.17, 15) is 0 Å². The maximum Gasteiger partial charge on any atom is 0.184 e. The number of hydrogen-bond donors (Lipinski definition) is 2. The van der Waals surface area contributed by atoms with Crippen molar-refractivity contribution in [3.05, 3.63) is 0 Å². The SMILES string of the molecule is CC1CC(C)(C)CC1=NNC(N)=S. The molecule has 1 fully saturated rings. The van der Waals surface area contributed by atoms with Crippen LogP contribution in [0.25, 0.3) is 0 Å². The summed E-state index contributed by atoms with van der Waals surface area (Å²) in [5, 5.41) is 4.44. The second kappa shape index (κ2) is 3.62. The lowest BCUT2D eigenvalue weighted by Gasteiger charge is -2.14. The van der Waals surface area contributed by atoms with Crippen LogP contribution in [0.5, 0.6) is 0 Å². The lowest BCUT2D eigenvalue weighted by Crippen LogP contribution is -2.26. The predicted octanol–water partition coefficient (Wildman–Crippen LogP) is 1.63. The van der Waals surface area contributed by atoms with Crippen LogP contribution >= 0.6 is 12.2 Å². The van der Waals surface area contributed by atoms with Gasteiger partial charge in [0.15, 0.2) is 5.11 Å². The zero-order valence-electron chi connectivity index (χ0n) is 8.42. The molecule has 0 aromatic rings. The van der Waals surface area contributed by atoms with Gasteiger partial charge in [-0.3, -0.25) is 5.43 Å². The van der Waals surface area contributed by atoms with E-state index in [4.69, 9.17) is 5.73 Å². The zero-order chi connectivity index (χ0) is 10.1. The first-order valence-corrected chi connectivity index (χ1v) is 4.93. The minimum absolute atomic E-state index is 0.240. The highest BCUT2D eigenvalue weighted by molar-refractivity contribution is 7.80. The van der Waals surface area contributed by atoms with Crippen LogP contribution in [0.1, 0.15) is 33.6 Å². The monoisotopic (exact) mass is 199 g/mol. The standard InChI is InChI=1S/C9H17N3S/c1-6-4-9(2,3)5-7(6)11-12-8(10)13/h6H,4-5H2,1-3H3,(H3,10,12,13).